The maximum atomic E-state index is 6.40. The van der Waals surface area contributed by atoms with E-state index < -0.39 is 0 Å². The van der Waals surface area contributed by atoms with Crippen LogP contribution in [0.2, 0.25) is 5.02 Å². The van der Waals surface area contributed by atoms with E-state index in [4.69, 9.17) is 11.6 Å². The minimum Gasteiger partial charge on any atom is -0.380 e. The molecule has 3 atom stereocenters. The molecule has 0 radical (unpaired) electrons. The van der Waals surface area contributed by atoms with Crippen LogP contribution in [0, 0.1) is 17.8 Å². The van der Waals surface area contributed by atoms with E-state index in [9.17, 15) is 0 Å². The van der Waals surface area contributed by atoms with E-state index >= 15 is 0 Å². The van der Waals surface area contributed by atoms with E-state index in [1.165, 1.54) is 19.3 Å². The first-order chi connectivity index (χ1) is 10.1. The number of halogens is 1. The SMILES string of the molecule is CC(C)[C@@H]1CC[C@@H](C)C[C@H]1Nc1c(Cl)cnc2[nH]ccc12. The second-order valence-corrected chi connectivity index (χ2v) is 7.21. The van der Waals surface area contributed by atoms with Gasteiger partial charge < -0.3 is 10.3 Å². The van der Waals surface area contributed by atoms with Crippen molar-refractivity contribution in [2.24, 2.45) is 17.8 Å². The molecule has 0 aromatic carbocycles. The van der Waals surface area contributed by atoms with Crippen LogP contribution in [0.15, 0.2) is 18.5 Å². The highest BCUT2D eigenvalue weighted by Crippen LogP contribution is 2.38. The maximum absolute atomic E-state index is 6.40. The Balaban J connectivity index is 1.92. The lowest BCUT2D eigenvalue weighted by Gasteiger charge is -2.38. The normalized spacial score (nSPS) is 26.4. The minimum atomic E-state index is 0.492. The fourth-order valence-corrected chi connectivity index (χ4v) is 3.89. The number of H-pyrrole nitrogens is 1. The zero-order valence-corrected chi connectivity index (χ0v) is 13.7. The molecule has 114 valence electrons. The largest absolute Gasteiger partial charge is 0.380 e. The first kappa shape index (κ1) is 14.7. The Morgan fingerprint density at radius 1 is 1.38 bits per heavy atom. The van der Waals surface area contributed by atoms with Gasteiger partial charge in [0, 0.05) is 17.6 Å². The molecule has 1 fully saturated rings. The van der Waals surface area contributed by atoms with E-state index in [2.05, 4.69) is 36.1 Å². The van der Waals surface area contributed by atoms with Gasteiger partial charge in [0.05, 0.1) is 16.9 Å². The van der Waals surface area contributed by atoms with Crippen LogP contribution < -0.4 is 5.32 Å². The molecule has 0 spiro atoms. The highest BCUT2D eigenvalue weighted by atomic mass is 35.5. The molecular weight excluding hydrogens is 282 g/mol. The quantitative estimate of drug-likeness (QED) is 0.829. The van der Waals surface area contributed by atoms with Crippen LogP contribution in [0.1, 0.15) is 40.0 Å². The summed E-state index contributed by atoms with van der Waals surface area (Å²) in [6.07, 6.45) is 7.51. The summed E-state index contributed by atoms with van der Waals surface area (Å²) in [7, 11) is 0. The second kappa shape index (κ2) is 5.88. The van der Waals surface area contributed by atoms with Crippen molar-refractivity contribution in [2.45, 2.75) is 46.1 Å². The van der Waals surface area contributed by atoms with Crippen molar-refractivity contribution >= 4 is 28.3 Å². The number of hydrogen-bond donors (Lipinski definition) is 2. The molecule has 2 aromatic heterocycles. The van der Waals surface area contributed by atoms with Gasteiger partial charge in [-0.25, -0.2) is 4.98 Å². The highest BCUT2D eigenvalue weighted by molar-refractivity contribution is 6.34. The van der Waals surface area contributed by atoms with Gasteiger partial charge in [-0.1, -0.05) is 38.8 Å². The third-order valence-electron chi connectivity index (χ3n) is 4.89. The lowest BCUT2D eigenvalue weighted by atomic mass is 9.74. The average Bonchev–Trinajstić information content (AvgIpc) is 2.90. The number of anilines is 1. The fourth-order valence-electron chi connectivity index (χ4n) is 3.68. The van der Waals surface area contributed by atoms with E-state index in [1.54, 1.807) is 6.20 Å². The molecule has 2 aromatic rings. The number of rotatable bonds is 3. The molecular formula is C17H24ClN3. The lowest BCUT2D eigenvalue weighted by molar-refractivity contribution is 0.212. The van der Waals surface area contributed by atoms with Crippen LogP contribution >= 0.6 is 11.6 Å². The number of hydrogen-bond acceptors (Lipinski definition) is 2. The lowest BCUT2D eigenvalue weighted by Crippen LogP contribution is -2.37. The summed E-state index contributed by atoms with van der Waals surface area (Å²) in [4.78, 5) is 7.49. The Labute approximate surface area is 131 Å². The summed E-state index contributed by atoms with van der Waals surface area (Å²) in [5.74, 6) is 2.18. The number of aromatic nitrogens is 2. The summed E-state index contributed by atoms with van der Waals surface area (Å²) < 4.78 is 0. The van der Waals surface area contributed by atoms with Crippen molar-refractivity contribution < 1.29 is 0 Å². The standard InChI is InChI=1S/C17H24ClN3/c1-10(2)12-5-4-11(3)8-15(12)21-16-13-6-7-19-17(13)20-9-14(16)18/h6-7,9-12,15H,4-5,8H2,1-3H3,(H2,19,20,21)/t11-,12+,15-/m1/s1. The molecule has 0 aliphatic heterocycles. The summed E-state index contributed by atoms with van der Waals surface area (Å²) in [5.41, 5.74) is 1.93. The zero-order valence-electron chi connectivity index (χ0n) is 13.0. The first-order valence-corrected chi connectivity index (χ1v) is 8.32. The number of nitrogens with zero attached hydrogens (tertiary/aromatic N) is 1. The van der Waals surface area contributed by atoms with Crippen molar-refractivity contribution in [1.82, 2.24) is 9.97 Å². The number of fused-ring (bicyclic) bond motifs is 1. The number of aromatic amines is 1. The van der Waals surface area contributed by atoms with Crippen molar-refractivity contribution in [2.75, 3.05) is 5.32 Å². The van der Waals surface area contributed by atoms with Gasteiger partial charge in [-0.2, -0.15) is 0 Å². The summed E-state index contributed by atoms with van der Waals surface area (Å²) in [6, 6.07) is 2.54. The van der Waals surface area contributed by atoms with E-state index in [0.29, 0.717) is 22.9 Å². The smallest absolute Gasteiger partial charge is 0.139 e. The van der Waals surface area contributed by atoms with Crippen LogP contribution in [0.5, 0.6) is 0 Å². The Bertz CT molecular complexity index is 620. The van der Waals surface area contributed by atoms with Crippen LogP contribution in [0.4, 0.5) is 5.69 Å². The number of pyridine rings is 1. The molecule has 0 saturated heterocycles. The molecule has 0 amide bonds. The third-order valence-corrected chi connectivity index (χ3v) is 5.18. The van der Waals surface area contributed by atoms with E-state index in [1.807, 2.05) is 12.3 Å². The molecule has 0 bridgehead atoms. The molecule has 2 N–H and O–H groups in total. The van der Waals surface area contributed by atoms with Gasteiger partial charge in [0.1, 0.15) is 5.65 Å². The minimum absolute atomic E-state index is 0.492. The fraction of sp³-hybridized carbons (Fsp3) is 0.588. The monoisotopic (exact) mass is 305 g/mol. The van der Waals surface area contributed by atoms with Gasteiger partial charge in [0.25, 0.3) is 0 Å². The van der Waals surface area contributed by atoms with Crippen molar-refractivity contribution in [1.29, 1.82) is 0 Å². The number of nitrogens with one attached hydrogen (secondary N) is 2. The van der Waals surface area contributed by atoms with Gasteiger partial charge in [0.15, 0.2) is 0 Å². The Morgan fingerprint density at radius 3 is 2.95 bits per heavy atom. The Hall–Kier alpha value is -1.22. The predicted molar refractivity (Wildman–Crippen MR) is 89.9 cm³/mol. The highest BCUT2D eigenvalue weighted by Gasteiger charge is 2.31. The summed E-state index contributed by atoms with van der Waals surface area (Å²) in [6.45, 7) is 7.01. The molecule has 21 heavy (non-hydrogen) atoms. The molecule has 1 aliphatic rings. The van der Waals surface area contributed by atoms with Gasteiger partial charge >= 0.3 is 0 Å². The van der Waals surface area contributed by atoms with Gasteiger partial charge in [-0.3, -0.25) is 0 Å². The first-order valence-electron chi connectivity index (χ1n) is 7.94. The molecule has 1 saturated carbocycles. The molecule has 1 aliphatic carbocycles. The van der Waals surface area contributed by atoms with Gasteiger partial charge in [0.2, 0.25) is 0 Å². The molecule has 4 heteroatoms. The Morgan fingerprint density at radius 2 is 2.19 bits per heavy atom. The van der Waals surface area contributed by atoms with Crippen molar-refractivity contribution in [3.05, 3.63) is 23.5 Å². The molecule has 3 nitrogen and oxygen atoms in total. The van der Waals surface area contributed by atoms with Gasteiger partial charge in [-0.15, -0.1) is 0 Å². The van der Waals surface area contributed by atoms with E-state index in [0.717, 1.165) is 22.6 Å². The zero-order chi connectivity index (χ0) is 15.0. The van der Waals surface area contributed by atoms with Crippen LogP contribution in [0.25, 0.3) is 11.0 Å². The third kappa shape index (κ3) is 2.89. The predicted octanol–water partition coefficient (Wildman–Crippen LogP) is 5.09. The van der Waals surface area contributed by atoms with Crippen LogP contribution in [0.3, 0.4) is 0 Å². The summed E-state index contributed by atoms with van der Waals surface area (Å²) in [5, 5.41) is 5.55. The van der Waals surface area contributed by atoms with Gasteiger partial charge in [-0.05, 0) is 36.7 Å². The van der Waals surface area contributed by atoms with Crippen molar-refractivity contribution in [3.63, 3.8) is 0 Å². The molecule has 3 rings (SSSR count). The van der Waals surface area contributed by atoms with Crippen molar-refractivity contribution in [3.8, 4) is 0 Å². The van der Waals surface area contributed by atoms with Crippen LogP contribution in [-0.4, -0.2) is 16.0 Å². The molecule has 0 unspecified atom stereocenters. The average molecular weight is 306 g/mol. The summed E-state index contributed by atoms with van der Waals surface area (Å²) >= 11 is 6.40. The second-order valence-electron chi connectivity index (χ2n) is 6.80. The van der Waals surface area contributed by atoms with E-state index in [-0.39, 0.29) is 0 Å². The topological polar surface area (TPSA) is 40.7 Å². The maximum Gasteiger partial charge on any atom is 0.139 e. The van der Waals surface area contributed by atoms with Crippen LogP contribution in [-0.2, 0) is 0 Å². The Kier molecular flexibility index (Phi) is 4.12. The molecule has 2 heterocycles.